The van der Waals surface area contributed by atoms with Crippen LogP contribution in [0, 0.1) is 0 Å². The van der Waals surface area contributed by atoms with Crippen LogP contribution in [-0.4, -0.2) is 12.5 Å². The van der Waals surface area contributed by atoms with Crippen LogP contribution >= 0.6 is 0 Å². The van der Waals surface area contributed by atoms with Gasteiger partial charge in [0.05, 0.1) is 0 Å². The van der Waals surface area contributed by atoms with Gasteiger partial charge in [-0.2, -0.15) is 0 Å². The lowest BCUT2D eigenvalue weighted by atomic mass is 10.2. The number of allylic oxidation sites excluding steroid dienone is 2. The van der Waals surface area contributed by atoms with Gasteiger partial charge in [-0.05, 0) is 12.5 Å². The maximum absolute atomic E-state index is 11.5. The van der Waals surface area contributed by atoms with E-state index < -0.39 is 12.5 Å². The number of hydrogen-bond acceptors (Lipinski definition) is 1. The molecule has 0 aliphatic heterocycles. The summed E-state index contributed by atoms with van der Waals surface area (Å²) in [7, 11) is 0. The number of unbranched alkanes of at least 4 members (excludes halogenated alkanes) is 2. The van der Waals surface area contributed by atoms with Crippen molar-refractivity contribution in [2.45, 2.75) is 26.2 Å². The van der Waals surface area contributed by atoms with Crippen molar-refractivity contribution in [2.75, 3.05) is 6.67 Å². The SMILES string of the molecule is CCCCC=CC(=O)CF. The number of ketones is 1. The molecule has 0 aromatic heterocycles. The van der Waals surface area contributed by atoms with Crippen molar-refractivity contribution in [3.8, 4) is 0 Å². The molecule has 0 aliphatic carbocycles. The number of rotatable bonds is 5. The highest BCUT2D eigenvalue weighted by atomic mass is 19.1. The summed E-state index contributed by atoms with van der Waals surface area (Å²) in [6.07, 6.45) is 6.09. The second-order valence-corrected chi connectivity index (χ2v) is 2.14. The van der Waals surface area contributed by atoms with E-state index in [1.54, 1.807) is 6.08 Å². The molecule has 0 aromatic rings. The summed E-state index contributed by atoms with van der Waals surface area (Å²) in [5.41, 5.74) is 0. The molecule has 0 atom stereocenters. The molecule has 0 bridgehead atoms. The Morgan fingerprint density at radius 1 is 1.60 bits per heavy atom. The van der Waals surface area contributed by atoms with Gasteiger partial charge in [0.25, 0.3) is 0 Å². The zero-order valence-electron chi connectivity index (χ0n) is 6.27. The topological polar surface area (TPSA) is 17.1 Å². The summed E-state index contributed by atoms with van der Waals surface area (Å²) in [5.74, 6) is -0.434. The highest BCUT2D eigenvalue weighted by Gasteiger charge is 1.90. The van der Waals surface area contributed by atoms with Gasteiger partial charge in [-0.25, -0.2) is 4.39 Å². The van der Waals surface area contributed by atoms with Crippen LogP contribution in [0.1, 0.15) is 26.2 Å². The average Bonchev–Trinajstić information content (AvgIpc) is 1.98. The first-order valence-corrected chi connectivity index (χ1v) is 3.56. The summed E-state index contributed by atoms with van der Waals surface area (Å²) < 4.78 is 11.5. The predicted octanol–water partition coefficient (Wildman–Crippen LogP) is 2.27. The van der Waals surface area contributed by atoms with Crippen LogP contribution in [0.2, 0.25) is 0 Å². The fraction of sp³-hybridized carbons (Fsp3) is 0.625. The third-order valence-corrected chi connectivity index (χ3v) is 1.16. The molecule has 0 aromatic carbocycles. The van der Waals surface area contributed by atoms with Crippen molar-refractivity contribution >= 4 is 5.78 Å². The van der Waals surface area contributed by atoms with Crippen molar-refractivity contribution in [2.24, 2.45) is 0 Å². The molecule has 1 nitrogen and oxygen atoms in total. The molecule has 2 heteroatoms. The molecule has 0 heterocycles. The summed E-state index contributed by atoms with van der Waals surface area (Å²) in [6.45, 7) is 1.20. The molecule has 10 heavy (non-hydrogen) atoms. The third kappa shape index (κ3) is 5.48. The van der Waals surface area contributed by atoms with Gasteiger partial charge in [-0.15, -0.1) is 0 Å². The van der Waals surface area contributed by atoms with Gasteiger partial charge in [0, 0.05) is 0 Å². The molecule has 58 valence electrons. The van der Waals surface area contributed by atoms with Gasteiger partial charge < -0.3 is 0 Å². The number of carbonyl (C=O) groups is 1. The van der Waals surface area contributed by atoms with Crippen LogP contribution in [0.5, 0.6) is 0 Å². The van der Waals surface area contributed by atoms with Crippen LogP contribution in [0.15, 0.2) is 12.2 Å². The first-order valence-electron chi connectivity index (χ1n) is 3.56. The summed E-state index contributed by atoms with van der Waals surface area (Å²) in [5, 5.41) is 0. The Hall–Kier alpha value is -0.660. The fourth-order valence-electron chi connectivity index (χ4n) is 0.581. The van der Waals surface area contributed by atoms with Gasteiger partial charge in [-0.3, -0.25) is 4.79 Å². The van der Waals surface area contributed by atoms with Crippen molar-refractivity contribution in [1.82, 2.24) is 0 Å². The molecule has 0 N–H and O–H groups in total. The molecule has 0 aliphatic rings. The Labute approximate surface area is 60.9 Å². The molecule has 0 saturated heterocycles. The molecule has 0 fully saturated rings. The third-order valence-electron chi connectivity index (χ3n) is 1.16. The van der Waals surface area contributed by atoms with E-state index in [2.05, 4.69) is 6.92 Å². The van der Waals surface area contributed by atoms with E-state index in [4.69, 9.17) is 0 Å². The monoisotopic (exact) mass is 144 g/mol. The minimum absolute atomic E-state index is 0.434. The molecular formula is C8H13FO. The van der Waals surface area contributed by atoms with Crippen LogP contribution < -0.4 is 0 Å². The Balaban J connectivity index is 3.27. The zero-order valence-corrected chi connectivity index (χ0v) is 6.27. The van der Waals surface area contributed by atoms with Crippen molar-refractivity contribution in [3.63, 3.8) is 0 Å². The van der Waals surface area contributed by atoms with E-state index in [-0.39, 0.29) is 0 Å². The first-order chi connectivity index (χ1) is 4.81. The number of hydrogen-bond donors (Lipinski definition) is 0. The molecule has 0 spiro atoms. The highest BCUT2D eigenvalue weighted by Crippen LogP contribution is 1.94. The lowest BCUT2D eigenvalue weighted by molar-refractivity contribution is -0.115. The van der Waals surface area contributed by atoms with Crippen LogP contribution in [0.3, 0.4) is 0 Å². The van der Waals surface area contributed by atoms with E-state index in [9.17, 15) is 9.18 Å². The van der Waals surface area contributed by atoms with Crippen LogP contribution in [0.25, 0.3) is 0 Å². The average molecular weight is 144 g/mol. The normalized spacial score (nSPS) is 10.6. The van der Waals surface area contributed by atoms with Crippen LogP contribution in [0.4, 0.5) is 4.39 Å². The molecule has 0 saturated carbocycles. The van der Waals surface area contributed by atoms with Crippen LogP contribution in [-0.2, 0) is 4.79 Å². The largest absolute Gasteiger partial charge is 0.292 e. The zero-order chi connectivity index (χ0) is 7.82. The highest BCUT2D eigenvalue weighted by molar-refractivity contribution is 5.90. The minimum Gasteiger partial charge on any atom is -0.292 e. The Kier molecular flexibility index (Phi) is 6.03. The van der Waals surface area contributed by atoms with E-state index in [1.165, 1.54) is 6.08 Å². The Bertz CT molecular complexity index is 118. The lowest BCUT2D eigenvalue weighted by Gasteiger charge is -1.86. The maximum atomic E-state index is 11.5. The number of carbonyl (C=O) groups excluding carboxylic acids is 1. The smallest absolute Gasteiger partial charge is 0.186 e. The van der Waals surface area contributed by atoms with Crippen molar-refractivity contribution in [1.29, 1.82) is 0 Å². The Morgan fingerprint density at radius 2 is 2.30 bits per heavy atom. The van der Waals surface area contributed by atoms with E-state index >= 15 is 0 Å². The molecule has 0 amide bonds. The van der Waals surface area contributed by atoms with Crippen molar-refractivity contribution in [3.05, 3.63) is 12.2 Å². The van der Waals surface area contributed by atoms with Gasteiger partial charge in [-0.1, -0.05) is 25.8 Å². The van der Waals surface area contributed by atoms with E-state index in [0.29, 0.717) is 0 Å². The number of halogens is 1. The predicted molar refractivity (Wildman–Crippen MR) is 39.6 cm³/mol. The number of alkyl halides is 1. The summed E-state index contributed by atoms with van der Waals surface area (Å²) in [6, 6.07) is 0. The van der Waals surface area contributed by atoms with Gasteiger partial charge >= 0.3 is 0 Å². The standard InChI is InChI=1S/C8H13FO/c1-2-3-4-5-6-8(10)7-9/h5-6H,2-4,7H2,1H3. The van der Waals surface area contributed by atoms with Gasteiger partial charge in [0.15, 0.2) is 12.5 Å². The first kappa shape index (κ1) is 9.34. The molecular weight excluding hydrogens is 131 g/mol. The van der Waals surface area contributed by atoms with Gasteiger partial charge in [0.2, 0.25) is 0 Å². The van der Waals surface area contributed by atoms with E-state index in [0.717, 1.165) is 19.3 Å². The maximum Gasteiger partial charge on any atom is 0.186 e. The van der Waals surface area contributed by atoms with Gasteiger partial charge in [0.1, 0.15) is 0 Å². The quantitative estimate of drug-likeness (QED) is 0.427. The summed E-state index contributed by atoms with van der Waals surface area (Å²) >= 11 is 0. The minimum atomic E-state index is -0.872. The lowest BCUT2D eigenvalue weighted by Crippen LogP contribution is -1.92. The second kappa shape index (κ2) is 6.46. The summed E-state index contributed by atoms with van der Waals surface area (Å²) in [4.78, 5) is 10.3. The molecule has 0 unspecified atom stereocenters. The fourth-order valence-corrected chi connectivity index (χ4v) is 0.581. The second-order valence-electron chi connectivity index (χ2n) is 2.14. The van der Waals surface area contributed by atoms with Crippen molar-refractivity contribution < 1.29 is 9.18 Å². The van der Waals surface area contributed by atoms with E-state index in [1.807, 2.05) is 0 Å². The molecule has 0 rings (SSSR count). The molecule has 0 radical (unpaired) electrons. The Morgan fingerprint density at radius 3 is 2.80 bits per heavy atom.